The van der Waals surface area contributed by atoms with Crippen LogP contribution in [0.5, 0.6) is 5.75 Å². The summed E-state index contributed by atoms with van der Waals surface area (Å²) in [6.07, 6.45) is 0.978. The van der Waals surface area contributed by atoms with Crippen LogP contribution in [0.4, 0.5) is 36.2 Å². The van der Waals surface area contributed by atoms with Crippen molar-refractivity contribution in [2.24, 2.45) is 0 Å². The third-order valence-electron chi connectivity index (χ3n) is 6.23. The minimum atomic E-state index is -0.762. The molecule has 0 spiro atoms. The fraction of sp³-hybridized carbons (Fsp3) is 0.360. The van der Waals surface area contributed by atoms with Crippen LogP contribution >= 0.6 is 0 Å². The predicted octanol–water partition coefficient (Wildman–Crippen LogP) is 4.32. The average molecular weight is 485 g/mol. The molecule has 0 bridgehead atoms. The normalized spacial score (nSPS) is 15.7. The van der Waals surface area contributed by atoms with E-state index >= 15 is 0 Å². The smallest absolute Gasteiger partial charge is 0.227 e. The van der Waals surface area contributed by atoms with Crippen molar-refractivity contribution in [1.29, 1.82) is 0 Å². The summed E-state index contributed by atoms with van der Waals surface area (Å²) in [6, 6.07) is 7.73. The summed E-state index contributed by atoms with van der Waals surface area (Å²) in [5.74, 6) is -1.34. The number of piperazine rings is 1. The Bertz CT molecular complexity index is 1230. The van der Waals surface area contributed by atoms with Gasteiger partial charge in [0.2, 0.25) is 5.95 Å². The number of ether oxygens (including phenoxy) is 1. The molecule has 2 aliphatic rings. The highest BCUT2D eigenvalue weighted by Gasteiger charge is 2.25. The molecule has 3 aromatic rings. The molecule has 7 nitrogen and oxygen atoms in total. The molecule has 2 N–H and O–H groups in total. The van der Waals surface area contributed by atoms with Gasteiger partial charge in [-0.15, -0.1) is 0 Å². The molecular weight excluding hydrogens is 457 g/mol. The summed E-state index contributed by atoms with van der Waals surface area (Å²) >= 11 is 0. The van der Waals surface area contributed by atoms with Gasteiger partial charge in [0.05, 0.1) is 24.1 Å². The van der Waals surface area contributed by atoms with E-state index in [4.69, 9.17) is 4.74 Å². The molecular formula is C25H27F3N6O. The van der Waals surface area contributed by atoms with Gasteiger partial charge in [-0.05, 0) is 38.1 Å². The highest BCUT2D eigenvalue weighted by molar-refractivity contribution is 5.73. The zero-order chi connectivity index (χ0) is 24.5. The number of aromatic nitrogens is 2. The van der Waals surface area contributed by atoms with Crippen molar-refractivity contribution < 1.29 is 17.9 Å². The Kier molecular flexibility index (Phi) is 6.38. The first kappa shape index (κ1) is 23.2. The van der Waals surface area contributed by atoms with E-state index in [1.54, 1.807) is 18.2 Å². The maximum absolute atomic E-state index is 15.0. The zero-order valence-electron chi connectivity index (χ0n) is 19.6. The SMILES string of the molecule is CC(C)N1CCOc2cc(F)c(-c3nc(Nc4ccc(N5CCNCC5)c(F)c4)ncc3F)cc21. The number of fused-ring (bicyclic) bond motifs is 1. The fourth-order valence-electron chi connectivity index (χ4n) is 4.47. The maximum atomic E-state index is 15.0. The number of benzene rings is 2. The number of nitrogens with one attached hydrogen (secondary N) is 2. The van der Waals surface area contributed by atoms with E-state index in [9.17, 15) is 13.2 Å². The van der Waals surface area contributed by atoms with Gasteiger partial charge in [-0.2, -0.15) is 0 Å². The summed E-state index contributed by atoms with van der Waals surface area (Å²) < 4.78 is 50.2. The van der Waals surface area contributed by atoms with Crippen molar-refractivity contribution in [3.63, 3.8) is 0 Å². The lowest BCUT2D eigenvalue weighted by Gasteiger charge is -2.34. The third kappa shape index (κ3) is 4.70. The highest BCUT2D eigenvalue weighted by atomic mass is 19.1. The van der Waals surface area contributed by atoms with Crippen molar-refractivity contribution in [2.75, 3.05) is 54.4 Å². The van der Waals surface area contributed by atoms with Crippen molar-refractivity contribution in [3.05, 3.63) is 54.0 Å². The quantitative estimate of drug-likeness (QED) is 0.559. The Morgan fingerprint density at radius 2 is 1.77 bits per heavy atom. The molecule has 0 radical (unpaired) electrons. The topological polar surface area (TPSA) is 65.6 Å². The molecule has 2 aliphatic heterocycles. The van der Waals surface area contributed by atoms with Crippen molar-refractivity contribution in [3.8, 4) is 17.0 Å². The summed E-state index contributed by atoms with van der Waals surface area (Å²) in [5, 5.41) is 6.14. The molecule has 0 amide bonds. The molecule has 184 valence electrons. The van der Waals surface area contributed by atoms with E-state index in [0.717, 1.165) is 32.4 Å². The van der Waals surface area contributed by atoms with E-state index in [0.29, 0.717) is 36.0 Å². The second-order valence-electron chi connectivity index (χ2n) is 8.85. The van der Waals surface area contributed by atoms with Crippen molar-refractivity contribution >= 4 is 23.0 Å². The van der Waals surface area contributed by atoms with Gasteiger partial charge in [0.15, 0.2) is 5.82 Å². The van der Waals surface area contributed by atoms with Crippen LogP contribution in [0.25, 0.3) is 11.3 Å². The van der Waals surface area contributed by atoms with E-state index in [2.05, 4.69) is 25.5 Å². The van der Waals surface area contributed by atoms with Gasteiger partial charge in [-0.1, -0.05) is 0 Å². The molecule has 0 atom stereocenters. The molecule has 1 fully saturated rings. The summed E-state index contributed by atoms with van der Waals surface area (Å²) in [4.78, 5) is 12.2. The second kappa shape index (κ2) is 9.61. The Morgan fingerprint density at radius 1 is 0.971 bits per heavy atom. The fourth-order valence-corrected chi connectivity index (χ4v) is 4.47. The molecule has 0 unspecified atom stereocenters. The second-order valence-corrected chi connectivity index (χ2v) is 8.85. The molecule has 1 saturated heterocycles. The Hall–Kier alpha value is -3.53. The molecule has 2 aromatic carbocycles. The Morgan fingerprint density at radius 3 is 2.51 bits per heavy atom. The van der Waals surface area contributed by atoms with Gasteiger partial charge in [0.1, 0.15) is 29.7 Å². The number of nitrogens with zero attached hydrogens (tertiary/aromatic N) is 4. The Labute approximate surface area is 201 Å². The van der Waals surface area contributed by atoms with Crippen LogP contribution in [-0.2, 0) is 0 Å². The van der Waals surface area contributed by atoms with Gasteiger partial charge in [-0.3, -0.25) is 0 Å². The van der Waals surface area contributed by atoms with Gasteiger partial charge >= 0.3 is 0 Å². The molecule has 0 saturated carbocycles. The molecule has 0 aliphatic carbocycles. The first-order chi connectivity index (χ1) is 16.9. The minimum absolute atomic E-state index is 0.00286. The zero-order valence-corrected chi connectivity index (χ0v) is 19.6. The molecule has 35 heavy (non-hydrogen) atoms. The maximum Gasteiger partial charge on any atom is 0.227 e. The van der Waals surface area contributed by atoms with Crippen LogP contribution in [0.3, 0.4) is 0 Å². The first-order valence-corrected chi connectivity index (χ1v) is 11.7. The summed E-state index contributed by atoms with van der Waals surface area (Å²) in [7, 11) is 0. The lowest BCUT2D eigenvalue weighted by molar-refractivity contribution is 0.301. The molecule has 3 heterocycles. The van der Waals surface area contributed by atoms with E-state index < -0.39 is 11.6 Å². The number of halogens is 3. The van der Waals surface area contributed by atoms with Crippen molar-refractivity contribution in [2.45, 2.75) is 19.9 Å². The number of hydrogen-bond acceptors (Lipinski definition) is 7. The molecule has 1 aromatic heterocycles. The molecule has 5 rings (SSSR count). The van der Waals surface area contributed by atoms with Gasteiger partial charge in [-0.25, -0.2) is 23.1 Å². The van der Waals surface area contributed by atoms with Crippen molar-refractivity contribution in [1.82, 2.24) is 15.3 Å². The van der Waals surface area contributed by atoms with Crippen LogP contribution in [0.15, 0.2) is 36.5 Å². The summed E-state index contributed by atoms with van der Waals surface area (Å²) in [5.41, 5.74) is 1.42. The lowest BCUT2D eigenvalue weighted by Crippen LogP contribution is -2.43. The largest absolute Gasteiger partial charge is 0.489 e. The van der Waals surface area contributed by atoms with Crippen LogP contribution in [-0.4, -0.2) is 55.3 Å². The van der Waals surface area contributed by atoms with Crippen LogP contribution in [0, 0.1) is 17.5 Å². The minimum Gasteiger partial charge on any atom is -0.489 e. The number of anilines is 4. The number of hydrogen-bond donors (Lipinski definition) is 2. The molecule has 10 heteroatoms. The Balaban J connectivity index is 1.44. The average Bonchev–Trinajstić information content (AvgIpc) is 2.85. The van der Waals surface area contributed by atoms with Crippen LogP contribution in [0.1, 0.15) is 13.8 Å². The van der Waals surface area contributed by atoms with Gasteiger partial charge < -0.3 is 25.2 Å². The van der Waals surface area contributed by atoms with E-state index in [1.807, 2.05) is 18.7 Å². The summed E-state index contributed by atoms with van der Waals surface area (Å²) in [6.45, 7) is 8.18. The lowest BCUT2D eigenvalue weighted by atomic mass is 10.1. The highest BCUT2D eigenvalue weighted by Crippen LogP contribution is 2.39. The first-order valence-electron chi connectivity index (χ1n) is 11.7. The van der Waals surface area contributed by atoms with Crippen LogP contribution in [0.2, 0.25) is 0 Å². The standard InChI is InChI=1S/C25H27F3N6O/c1-15(2)34-9-10-35-23-13-18(26)17(12-22(23)34)24-20(28)14-30-25(32-24)31-16-3-4-21(19(27)11-16)33-7-5-29-6-8-33/h3-4,11-15,29H,5-10H2,1-2H3,(H,30,31,32). The number of rotatable bonds is 5. The third-order valence-corrected chi connectivity index (χ3v) is 6.23. The van der Waals surface area contributed by atoms with Crippen LogP contribution < -0.4 is 25.2 Å². The van der Waals surface area contributed by atoms with E-state index in [1.165, 1.54) is 12.1 Å². The van der Waals surface area contributed by atoms with Gasteiger partial charge in [0.25, 0.3) is 0 Å². The monoisotopic (exact) mass is 484 g/mol. The van der Waals surface area contributed by atoms with E-state index in [-0.39, 0.29) is 29.1 Å². The predicted molar refractivity (Wildman–Crippen MR) is 130 cm³/mol. The van der Waals surface area contributed by atoms with Gasteiger partial charge in [0, 0.05) is 49.5 Å².